The van der Waals surface area contributed by atoms with E-state index in [0.717, 1.165) is 5.56 Å². The molecular formula is C18H23ClN2O5. The molecule has 1 aromatic rings. The van der Waals surface area contributed by atoms with Crippen molar-refractivity contribution in [1.82, 2.24) is 10.2 Å². The van der Waals surface area contributed by atoms with Gasteiger partial charge in [0.1, 0.15) is 6.61 Å². The van der Waals surface area contributed by atoms with Crippen molar-refractivity contribution >= 4 is 23.4 Å². The fourth-order valence-corrected chi connectivity index (χ4v) is 3.85. The van der Waals surface area contributed by atoms with E-state index < -0.39 is 36.2 Å². The van der Waals surface area contributed by atoms with Crippen molar-refractivity contribution in [3.05, 3.63) is 34.9 Å². The number of carbonyl (C=O) groups excluding carboxylic acids is 2. The van der Waals surface area contributed by atoms with Crippen LogP contribution in [0.1, 0.15) is 18.4 Å². The summed E-state index contributed by atoms with van der Waals surface area (Å²) in [7, 11) is 0. The molecule has 142 valence electrons. The van der Waals surface area contributed by atoms with Gasteiger partial charge >= 0.3 is 0 Å². The minimum absolute atomic E-state index is 0.201. The van der Waals surface area contributed by atoms with Crippen molar-refractivity contribution in [2.45, 2.75) is 37.5 Å². The first-order valence-electron chi connectivity index (χ1n) is 8.65. The number of carbonyl (C=O) groups is 2. The van der Waals surface area contributed by atoms with E-state index in [1.165, 1.54) is 4.90 Å². The van der Waals surface area contributed by atoms with Crippen LogP contribution in [0.3, 0.4) is 0 Å². The summed E-state index contributed by atoms with van der Waals surface area (Å²) in [5, 5.41) is 32.1. The van der Waals surface area contributed by atoms with Crippen LogP contribution >= 0.6 is 11.6 Å². The lowest BCUT2D eigenvalue weighted by molar-refractivity contribution is -0.156. The maximum Gasteiger partial charge on any atom is 0.248 e. The zero-order valence-corrected chi connectivity index (χ0v) is 15.0. The highest BCUT2D eigenvalue weighted by Gasteiger charge is 2.51. The van der Waals surface area contributed by atoms with Crippen LogP contribution in [0.25, 0.3) is 0 Å². The first kappa shape index (κ1) is 19.1. The first-order chi connectivity index (χ1) is 12.3. The number of likely N-dealkylation sites (tertiary alicyclic amines) is 1. The number of aliphatic hydroxyl groups is 3. The molecule has 1 aliphatic carbocycles. The maximum atomic E-state index is 13.0. The number of amides is 2. The van der Waals surface area contributed by atoms with E-state index in [0.29, 0.717) is 24.3 Å². The second kappa shape index (κ2) is 7.52. The van der Waals surface area contributed by atoms with Crippen molar-refractivity contribution in [2.24, 2.45) is 5.41 Å². The highest BCUT2D eigenvalue weighted by molar-refractivity contribution is 6.30. The molecule has 1 saturated carbocycles. The number of benzene rings is 1. The minimum Gasteiger partial charge on any atom is -0.390 e. The van der Waals surface area contributed by atoms with E-state index in [-0.39, 0.29) is 19.0 Å². The zero-order chi connectivity index (χ0) is 18.9. The van der Waals surface area contributed by atoms with Crippen molar-refractivity contribution in [3.63, 3.8) is 0 Å². The fraction of sp³-hybridized carbons (Fsp3) is 0.556. The van der Waals surface area contributed by atoms with Gasteiger partial charge in [0.15, 0.2) is 0 Å². The zero-order valence-electron chi connectivity index (χ0n) is 14.3. The lowest BCUT2D eigenvalue weighted by Crippen LogP contribution is -2.67. The van der Waals surface area contributed by atoms with E-state index in [4.69, 9.17) is 16.7 Å². The standard InChI is InChI=1S/C18H23ClN2O5/c19-12-3-1-11(2-4-12)7-18(9-21(10-18)15(24)8-22)17(26)20-13-5-6-14(23)16(13)25/h1-4,13-14,16,22-23,25H,5-10H2,(H,20,26)/t13-,14-,16-/m1/s1. The predicted octanol–water partition coefficient (Wildman–Crippen LogP) is -0.296. The van der Waals surface area contributed by atoms with Gasteiger partial charge in [-0.15, -0.1) is 0 Å². The monoisotopic (exact) mass is 382 g/mol. The first-order valence-corrected chi connectivity index (χ1v) is 9.02. The summed E-state index contributed by atoms with van der Waals surface area (Å²) in [6, 6.07) is 6.66. The van der Waals surface area contributed by atoms with E-state index in [1.807, 2.05) is 12.1 Å². The van der Waals surface area contributed by atoms with E-state index >= 15 is 0 Å². The lowest BCUT2D eigenvalue weighted by atomic mass is 9.73. The summed E-state index contributed by atoms with van der Waals surface area (Å²) < 4.78 is 0. The molecule has 7 nitrogen and oxygen atoms in total. The lowest BCUT2D eigenvalue weighted by Gasteiger charge is -2.49. The van der Waals surface area contributed by atoms with Crippen LogP contribution in [-0.2, 0) is 16.0 Å². The molecule has 3 rings (SSSR count). The molecule has 26 heavy (non-hydrogen) atoms. The second-order valence-electron chi connectivity index (χ2n) is 7.21. The molecule has 0 unspecified atom stereocenters. The van der Waals surface area contributed by atoms with Gasteiger partial charge < -0.3 is 25.5 Å². The second-order valence-corrected chi connectivity index (χ2v) is 7.64. The van der Waals surface area contributed by atoms with E-state index in [9.17, 15) is 19.8 Å². The van der Waals surface area contributed by atoms with Gasteiger partial charge in [0.25, 0.3) is 0 Å². The smallest absolute Gasteiger partial charge is 0.248 e. The molecule has 0 bridgehead atoms. The quantitative estimate of drug-likeness (QED) is 0.559. The van der Waals surface area contributed by atoms with Crippen molar-refractivity contribution in [2.75, 3.05) is 19.7 Å². The molecule has 1 aliphatic heterocycles. The van der Waals surface area contributed by atoms with Crippen LogP contribution in [-0.4, -0.2) is 70.0 Å². The third-order valence-corrected chi connectivity index (χ3v) is 5.56. The highest BCUT2D eigenvalue weighted by atomic mass is 35.5. The predicted molar refractivity (Wildman–Crippen MR) is 94.4 cm³/mol. The Labute approximate surface area is 156 Å². The van der Waals surface area contributed by atoms with Crippen molar-refractivity contribution in [3.8, 4) is 0 Å². The summed E-state index contributed by atoms with van der Waals surface area (Å²) in [4.78, 5) is 26.1. The van der Waals surface area contributed by atoms with Crippen LogP contribution in [0.5, 0.6) is 0 Å². The Balaban J connectivity index is 1.74. The van der Waals surface area contributed by atoms with Crippen LogP contribution in [0.2, 0.25) is 5.02 Å². The van der Waals surface area contributed by atoms with Gasteiger partial charge in [0, 0.05) is 18.1 Å². The number of halogens is 1. The summed E-state index contributed by atoms with van der Waals surface area (Å²) in [5.74, 6) is -0.673. The fourth-order valence-electron chi connectivity index (χ4n) is 3.73. The Bertz CT molecular complexity index is 675. The highest BCUT2D eigenvalue weighted by Crippen LogP contribution is 2.36. The van der Waals surface area contributed by atoms with Gasteiger partial charge in [-0.2, -0.15) is 0 Å². The largest absolute Gasteiger partial charge is 0.390 e. The van der Waals surface area contributed by atoms with Gasteiger partial charge in [-0.05, 0) is 37.0 Å². The molecule has 2 aliphatic rings. The van der Waals surface area contributed by atoms with Gasteiger partial charge in [0.2, 0.25) is 11.8 Å². The number of nitrogens with one attached hydrogen (secondary N) is 1. The normalized spacial score (nSPS) is 27.1. The maximum absolute atomic E-state index is 13.0. The average molecular weight is 383 g/mol. The Morgan fingerprint density at radius 3 is 2.38 bits per heavy atom. The van der Waals surface area contributed by atoms with Gasteiger partial charge in [-0.3, -0.25) is 9.59 Å². The minimum atomic E-state index is -0.984. The van der Waals surface area contributed by atoms with Crippen molar-refractivity contribution in [1.29, 1.82) is 0 Å². The van der Waals surface area contributed by atoms with Crippen molar-refractivity contribution < 1.29 is 24.9 Å². The molecule has 8 heteroatoms. The average Bonchev–Trinajstić information content (AvgIpc) is 2.90. The molecule has 0 radical (unpaired) electrons. The molecular weight excluding hydrogens is 360 g/mol. The summed E-state index contributed by atoms with van der Waals surface area (Å²) in [6.45, 7) is -0.190. The van der Waals surface area contributed by atoms with Crippen LogP contribution in [0, 0.1) is 5.41 Å². The molecule has 2 fully saturated rings. The number of aliphatic hydroxyl groups excluding tert-OH is 3. The summed E-state index contributed by atoms with van der Waals surface area (Å²) in [6.07, 6.45) is -0.463. The molecule has 1 heterocycles. The molecule has 1 aromatic carbocycles. The Hall–Kier alpha value is -1.67. The van der Waals surface area contributed by atoms with Gasteiger partial charge in [-0.1, -0.05) is 23.7 Å². The van der Waals surface area contributed by atoms with Gasteiger partial charge in [-0.25, -0.2) is 0 Å². The molecule has 1 saturated heterocycles. The Kier molecular flexibility index (Phi) is 5.53. The molecule has 0 spiro atoms. The summed E-state index contributed by atoms with van der Waals surface area (Å²) >= 11 is 5.91. The van der Waals surface area contributed by atoms with E-state index in [1.54, 1.807) is 12.1 Å². The van der Waals surface area contributed by atoms with Crippen LogP contribution < -0.4 is 5.32 Å². The Morgan fingerprint density at radius 2 is 1.85 bits per heavy atom. The van der Waals surface area contributed by atoms with Gasteiger partial charge in [0.05, 0.1) is 23.7 Å². The number of hydrogen-bond donors (Lipinski definition) is 4. The molecule has 0 aromatic heterocycles. The molecule has 2 amide bonds. The Morgan fingerprint density at radius 1 is 1.19 bits per heavy atom. The van der Waals surface area contributed by atoms with Crippen LogP contribution in [0.15, 0.2) is 24.3 Å². The molecule has 4 N–H and O–H groups in total. The van der Waals surface area contributed by atoms with Crippen LogP contribution in [0.4, 0.5) is 0 Å². The third-order valence-electron chi connectivity index (χ3n) is 5.31. The third kappa shape index (κ3) is 3.71. The van der Waals surface area contributed by atoms with E-state index in [2.05, 4.69) is 5.32 Å². The number of hydrogen-bond acceptors (Lipinski definition) is 5. The molecule has 3 atom stereocenters. The number of nitrogens with zero attached hydrogens (tertiary/aromatic N) is 1. The summed E-state index contributed by atoms with van der Waals surface area (Å²) in [5.41, 5.74) is 0.0824. The SMILES string of the molecule is O=C(CO)N1CC(Cc2ccc(Cl)cc2)(C(=O)N[C@@H]2CC[C@@H](O)[C@@H]2O)C1. The number of rotatable bonds is 5. The topological polar surface area (TPSA) is 110 Å².